The second-order valence-corrected chi connectivity index (χ2v) is 5.16. The van der Waals surface area contributed by atoms with Crippen LogP contribution in [0.15, 0.2) is 58.6 Å². The van der Waals surface area contributed by atoms with Gasteiger partial charge in [-0.1, -0.05) is 29.4 Å². The maximum Gasteiger partial charge on any atom is 0.336 e. The monoisotopic (exact) mass is 305 g/mol. The van der Waals surface area contributed by atoms with Crippen LogP contribution in [0.4, 0.5) is 4.39 Å². The van der Waals surface area contributed by atoms with E-state index < -0.39 is 5.97 Å². The normalized spacial score (nSPS) is 11.4. The molecule has 4 nitrogen and oxygen atoms in total. The SMILES string of the molecule is O=C(O)c1ccccc1SCC(=NO)c1ccc(F)cc1. The van der Waals surface area contributed by atoms with Crippen LogP contribution in [0.25, 0.3) is 0 Å². The molecule has 6 heteroatoms. The lowest BCUT2D eigenvalue weighted by atomic mass is 10.1. The van der Waals surface area contributed by atoms with Gasteiger partial charge in [-0.2, -0.15) is 0 Å². The standard InChI is InChI=1S/C15H12FNO3S/c16-11-7-5-10(6-8-11)13(17-20)9-21-14-4-2-1-3-12(14)15(18)19/h1-8,20H,9H2,(H,18,19). The van der Waals surface area contributed by atoms with Gasteiger partial charge in [0.2, 0.25) is 0 Å². The third-order valence-electron chi connectivity index (χ3n) is 2.78. The summed E-state index contributed by atoms with van der Waals surface area (Å²) >= 11 is 1.24. The van der Waals surface area contributed by atoms with E-state index in [1.54, 1.807) is 18.2 Å². The first-order chi connectivity index (χ1) is 10.1. The number of carbonyl (C=O) groups is 1. The van der Waals surface area contributed by atoms with Gasteiger partial charge in [0.25, 0.3) is 0 Å². The van der Waals surface area contributed by atoms with Crippen molar-refractivity contribution < 1.29 is 19.5 Å². The Labute approximate surface area is 124 Å². The molecule has 2 N–H and O–H groups in total. The number of carboxylic acids is 1. The molecule has 0 heterocycles. The molecule has 0 saturated heterocycles. The highest BCUT2D eigenvalue weighted by atomic mass is 32.2. The molecule has 2 rings (SSSR count). The Hall–Kier alpha value is -2.34. The topological polar surface area (TPSA) is 69.9 Å². The third-order valence-corrected chi connectivity index (χ3v) is 3.86. The van der Waals surface area contributed by atoms with Crippen LogP contribution in [0, 0.1) is 5.82 Å². The molecule has 0 unspecified atom stereocenters. The maximum atomic E-state index is 12.9. The van der Waals surface area contributed by atoms with Crippen LogP contribution in [0.2, 0.25) is 0 Å². The minimum Gasteiger partial charge on any atom is -0.478 e. The van der Waals surface area contributed by atoms with Crippen molar-refractivity contribution in [3.8, 4) is 0 Å². The van der Waals surface area contributed by atoms with Crippen LogP contribution in [0.5, 0.6) is 0 Å². The molecule has 0 fully saturated rings. The lowest BCUT2D eigenvalue weighted by molar-refractivity contribution is 0.0693. The molecule has 21 heavy (non-hydrogen) atoms. The number of rotatable bonds is 5. The molecular formula is C15H12FNO3S. The van der Waals surface area contributed by atoms with Crippen molar-refractivity contribution in [1.29, 1.82) is 0 Å². The molecule has 0 spiro atoms. The van der Waals surface area contributed by atoms with Gasteiger partial charge in [0.15, 0.2) is 0 Å². The number of nitrogens with zero attached hydrogens (tertiary/aromatic N) is 1. The summed E-state index contributed by atoms with van der Waals surface area (Å²) in [6.45, 7) is 0. The van der Waals surface area contributed by atoms with Crippen LogP contribution in [-0.4, -0.2) is 27.7 Å². The predicted molar refractivity (Wildman–Crippen MR) is 78.8 cm³/mol. The molecule has 0 atom stereocenters. The molecule has 0 bridgehead atoms. The summed E-state index contributed by atoms with van der Waals surface area (Å²) in [4.78, 5) is 11.7. The Balaban J connectivity index is 2.15. The van der Waals surface area contributed by atoms with E-state index in [9.17, 15) is 9.18 Å². The van der Waals surface area contributed by atoms with Crippen molar-refractivity contribution in [2.75, 3.05) is 5.75 Å². The molecule has 0 aliphatic rings. The molecule has 0 radical (unpaired) electrons. The van der Waals surface area contributed by atoms with E-state index in [4.69, 9.17) is 10.3 Å². The summed E-state index contributed by atoms with van der Waals surface area (Å²) < 4.78 is 12.9. The molecular weight excluding hydrogens is 293 g/mol. The van der Waals surface area contributed by atoms with Gasteiger partial charge >= 0.3 is 5.97 Å². The first-order valence-corrected chi connectivity index (χ1v) is 7.02. The van der Waals surface area contributed by atoms with Gasteiger partial charge in [-0.25, -0.2) is 9.18 Å². The number of benzene rings is 2. The summed E-state index contributed by atoms with van der Waals surface area (Å²) in [5, 5.41) is 21.4. The molecule has 0 aromatic heterocycles. The average molecular weight is 305 g/mol. The highest BCUT2D eigenvalue weighted by Crippen LogP contribution is 2.24. The predicted octanol–water partition coefficient (Wildman–Crippen LogP) is 3.49. The fourth-order valence-corrected chi connectivity index (χ4v) is 2.73. The molecule has 0 amide bonds. The smallest absolute Gasteiger partial charge is 0.336 e. The summed E-state index contributed by atoms with van der Waals surface area (Å²) in [6, 6.07) is 12.2. The average Bonchev–Trinajstić information content (AvgIpc) is 2.50. The van der Waals surface area contributed by atoms with Gasteiger partial charge < -0.3 is 10.3 Å². The minimum atomic E-state index is -1.01. The van der Waals surface area contributed by atoms with Crippen molar-refractivity contribution in [3.05, 3.63) is 65.5 Å². The van der Waals surface area contributed by atoms with Crippen LogP contribution < -0.4 is 0 Å². The zero-order chi connectivity index (χ0) is 15.2. The first-order valence-electron chi connectivity index (χ1n) is 6.04. The number of halogens is 1. The van der Waals surface area contributed by atoms with Gasteiger partial charge in [0.1, 0.15) is 5.82 Å². The lowest BCUT2D eigenvalue weighted by Crippen LogP contribution is -2.06. The Morgan fingerprint density at radius 3 is 2.43 bits per heavy atom. The lowest BCUT2D eigenvalue weighted by Gasteiger charge is -2.07. The molecule has 2 aromatic carbocycles. The highest BCUT2D eigenvalue weighted by molar-refractivity contribution is 8.00. The van der Waals surface area contributed by atoms with Gasteiger partial charge in [-0.3, -0.25) is 0 Å². The number of oxime groups is 1. The van der Waals surface area contributed by atoms with Gasteiger partial charge in [0.05, 0.1) is 11.3 Å². The minimum absolute atomic E-state index is 0.193. The van der Waals surface area contributed by atoms with Gasteiger partial charge in [0, 0.05) is 16.2 Å². The van der Waals surface area contributed by atoms with Gasteiger partial charge in [-0.05, 0) is 24.3 Å². The van der Waals surface area contributed by atoms with Crippen molar-refractivity contribution in [3.63, 3.8) is 0 Å². The van der Waals surface area contributed by atoms with E-state index in [1.165, 1.54) is 42.1 Å². The Morgan fingerprint density at radius 2 is 1.81 bits per heavy atom. The first kappa shape index (κ1) is 15.1. The summed E-state index contributed by atoms with van der Waals surface area (Å²) in [6.07, 6.45) is 0. The summed E-state index contributed by atoms with van der Waals surface area (Å²) in [7, 11) is 0. The molecule has 108 valence electrons. The van der Waals surface area contributed by atoms with Crippen LogP contribution in [0.3, 0.4) is 0 Å². The van der Waals surface area contributed by atoms with Crippen LogP contribution in [0.1, 0.15) is 15.9 Å². The third kappa shape index (κ3) is 3.82. The van der Waals surface area contributed by atoms with E-state index in [0.29, 0.717) is 16.2 Å². The number of carboxylic acid groups (broad SMARTS) is 1. The van der Waals surface area contributed by atoms with Crippen molar-refractivity contribution in [2.45, 2.75) is 4.90 Å². The Morgan fingerprint density at radius 1 is 1.14 bits per heavy atom. The fourth-order valence-electron chi connectivity index (χ4n) is 1.73. The van der Waals surface area contributed by atoms with Crippen LogP contribution >= 0.6 is 11.8 Å². The van der Waals surface area contributed by atoms with E-state index >= 15 is 0 Å². The van der Waals surface area contributed by atoms with E-state index in [2.05, 4.69) is 5.16 Å². The second kappa shape index (κ2) is 6.90. The Bertz CT molecular complexity index is 671. The van der Waals surface area contributed by atoms with Gasteiger partial charge in [-0.15, -0.1) is 11.8 Å². The maximum absolute atomic E-state index is 12.9. The largest absolute Gasteiger partial charge is 0.478 e. The number of thioether (sulfide) groups is 1. The van der Waals surface area contributed by atoms with Crippen LogP contribution in [-0.2, 0) is 0 Å². The Kier molecular flexibility index (Phi) is 4.94. The zero-order valence-electron chi connectivity index (χ0n) is 10.9. The number of aromatic carboxylic acids is 1. The molecule has 0 saturated carbocycles. The van der Waals surface area contributed by atoms with Crippen molar-refractivity contribution in [1.82, 2.24) is 0 Å². The van der Waals surface area contributed by atoms with E-state index in [1.807, 2.05) is 0 Å². The van der Waals surface area contributed by atoms with Crippen molar-refractivity contribution >= 4 is 23.4 Å². The summed E-state index contributed by atoms with van der Waals surface area (Å²) in [5.74, 6) is -1.12. The fraction of sp³-hybridized carbons (Fsp3) is 0.0667. The van der Waals surface area contributed by atoms with E-state index in [0.717, 1.165) is 0 Å². The highest BCUT2D eigenvalue weighted by Gasteiger charge is 2.12. The number of hydrogen-bond donors (Lipinski definition) is 2. The zero-order valence-corrected chi connectivity index (χ0v) is 11.7. The second-order valence-electron chi connectivity index (χ2n) is 4.14. The van der Waals surface area contributed by atoms with Crippen molar-refractivity contribution in [2.24, 2.45) is 5.16 Å². The molecule has 2 aromatic rings. The molecule has 0 aliphatic carbocycles. The van der Waals surface area contributed by atoms with E-state index in [-0.39, 0.29) is 17.1 Å². The molecule has 0 aliphatic heterocycles. The number of hydrogen-bond acceptors (Lipinski definition) is 4. The quantitative estimate of drug-likeness (QED) is 0.384. The summed E-state index contributed by atoms with van der Waals surface area (Å²) in [5.41, 5.74) is 1.12.